The zero-order valence-electron chi connectivity index (χ0n) is 10.6. The van der Waals surface area contributed by atoms with Crippen molar-refractivity contribution >= 4 is 15.5 Å². The van der Waals surface area contributed by atoms with Crippen molar-refractivity contribution in [2.24, 2.45) is 0 Å². The van der Waals surface area contributed by atoms with Gasteiger partial charge in [-0.3, -0.25) is 0 Å². The smallest absolute Gasteiger partial charge is 0.153 e. The lowest BCUT2D eigenvalue weighted by molar-refractivity contribution is 0.338. The van der Waals surface area contributed by atoms with Gasteiger partial charge in [-0.05, 0) is 30.2 Å². The number of ether oxygens (including phenoxy) is 1. The molecule has 0 aliphatic rings. The molecule has 0 heterocycles. The molecule has 0 amide bonds. The van der Waals surface area contributed by atoms with Crippen LogP contribution >= 0.6 is 0 Å². The van der Waals surface area contributed by atoms with Gasteiger partial charge in [-0.1, -0.05) is 13.0 Å². The van der Waals surface area contributed by atoms with Crippen LogP contribution in [-0.2, 0) is 16.3 Å². The lowest BCUT2D eigenvalue weighted by atomic mass is 10.1. The second-order valence-electron chi connectivity index (χ2n) is 3.94. The lowest BCUT2D eigenvalue weighted by Crippen LogP contribution is -2.16. The summed E-state index contributed by atoms with van der Waals surface area (Å²) in [5.41, 5.74) is 7.26. The Labute approximate surface area is 108 Å². The van der Waals surface area contributed by atoms with Crippen LogP contribution in [0.2, 0.25) is 0 Å². The van der Waals surface area contributed by atoms with Crippen molar-refractivity contribution < 1.29 is 13.2 Å². The average Bonchev–Trinajstić information content (AvgIpc) is 2.32. The van der Waals surface area contributed by atoms with Crippen molar-refractivity contribution in [2.75, 3.05) is 23.8 Å². The van der Waals surface area contributed by atoms with Crippen LogP contribution in [0.4, 0.5) is 5.69 Å². The van der Waals surface area contributed by atoms with Crippen molar-refractivity contribution in [1.82, 2.24) is 0 Å². The van der Waals surface area contributed by atoms with Crippen molar-refractivity contribution in [3.05, 3.63) is 36.4 Å². The van der Waals surface area contributed by atoms with Crippen LogP contribution in [0.1, 0.15) is 12.5 Å². The van der Waals surface area contributed by atoms with Gasteiger partial charge in [0.05, 0.1) is 5.75 Å². The number of allylic oxidation sites excluding steroid dienone is 1. The molecule has 100 valence electrons. The Morgan fingerprint density at radius 3 is 2.78 bits per heavy atom. The summed E-state index contributed by atoms with van der Waals surface area (Å²) in [6.45, 7) is 5.45. The van der Waals surface area contributed by atoms with Crippen LogP contribution in [0.5, 0.6) is 5.75 Å². The molecule has 0 saturated carbocycles. The maximum Gasteiger partial charge on any atom is 0.153 e. The van der Waals surface area contributed by atoms with Crippen LogP contribution in [0, 0.1) is 0 Å². The van der Waals surface area contributed by atoms with Crippen LogP contribution in [0.15, 0.2) is 30.9 Å². The molecule has 1 aromatic rings. The average molecular weight is 269 g/mol. The standard InChI is InChI=1S/C13H19NO3S/c1-3-5-11-10-12(14)6-7-13(11)17-8-9-18(15,16)4-2/h3,6-7,10H,1,4-5,8-9,14H2,2H3. The maximum absolute atomic E-state index is 11.3. The van der Waals surface area contributed by atoms with E-state index in [4.69, 9.17) is 10.5 Å². The van der Waals surface area contributed by atoms with Crippen LogP contribution in [-0.4, -0.2) is 26.5 Å². The van der Waals surface area contributed by atoms with Crippen molar-refractivity contribution in [1.29, 1.82) is 0 Å². The fourth-order valence-corrected chi connectivity index (χ4v) is 2.10. The SMILES string of the molecule is C=CCc1cc(N)ccc1OCCS(=O)(=O)CC. The number of hydrogen-bond donors (Lipinski definition) is 1. The molecule has 0 bridgehead atoms. The van der Waals surface area contributed by atoms with Crippen molar-refractivity contribution in [2.45, 2.75) is 13.3 Å². The normalized spacial score (nSPS) is 11.2. The first kappa shape index (κ1) is 14.6. The van der Waals surface area contributed by atoms with E-state index in [0.717, 1.165) is 5.56 Å². The summed E-state index contributed by atoms with van der Waals surface area (Å²) >= 11 is 0. The van der Waals surface area contributed by atoms with E-state index in [9.17, 15) is 8.42 Å². The highest BCUT2D eigenvalue weighted by Gasteiger charge is 2.09. The minimum Gasteiger partial charge on any atom is -0.492 e. The van der Waals surface area contributed by atoms with Gasteiger partial charge in [0.25, 0.3) is 0 Å². The Kier molecular flexibility index (Phi) is 5.22. The van der Waals surface area contributed by atoms with E-state index in [1.165, 1.54) is 0 Å². The van der Waals surface area contributed by atoms with Gasteiger partial charge in [0.2, 0.25) is 0 Å². The topological polar surface area (TPSA) is 69.4 Å². The summed E-state index contributed by atoms with van der Waals surface area (Å²) in [4.78, 5) is 0. The molecular weight excluding hydrogens is 250 g/mol. The molecule has 18 heavy (non-hydrogen) atoms. The zero-order valence-corrected chi connectivity index (χ0v) is 11.4. The molecule has 0 unspecified atom stereocenters. The molecule has 0 aliphatic carbocycles. The van der Waals surface area contributed by atoms with E-state index >= 15 is 0 Å². The predicted octanol–water partition coefficient (Wildman–Crippen LogP) is 1.81. The first-order chi connectivity index (χ1) is 8.48. The third kappa shape index (κ3) is 4.41. The number of anilines is 1. The van der Waals surface area contributed by atoms with Gasteiger partial charge in [0.1, 0.15) is 12.4 Å². The van der Waals surface area contributed by atoms with Crippen molar-refractivity contribution in [3.8, 4) is 5.75 Å². The van der Waals surface area contributed by atoms with E-state index in [0.29, 0.717) is 17.9 Å². The van der Waals surface area contributed by atoms with E-state index in [-0.39, 0.29) is 18.1 Å². The highest BCUT2D eigenvalue weighted by molar-refractivity contribution is 7.91. The molecular formula is C13H19NO3S. The summed E-state index contributed by atoms with van der Waals surface area (Å²) in [7, 11) is -2.99. The van der Waals surface area contributed by atoms with Crippen LogP contribution < -0.4 is 10.5 Å². The first-order valence-electron chi connectivity index (χ1n) is 5.81. The summed E-state index contributed by atoms with van der Waals surface area (Å²) < 4.78 is 28.2. The Balaban J connectivity index is 2.69. The third-order valence-corrected chi connectivity index (χ3v) is 4.21. The fraction of sp³-hybridized carbons (Fsp3) is 0.385. The van der Waals surface area contributed by atoms with Gasteiger partial charge in [-0.2, -0.15) is 0 Å². The summed E-state index contributed by atoms with van der Waals surface area (Å²) in [5, 5.41) is 0. The number of benzene rings is 1. The van der Waals surface area contributed by atoms with Crippen molar-refractivity contribution in [3.63, 3.8) is 0 Å². The molecule has 0 radical (unpaired) electrons. The highest BCUT2D eigenvalue weighted by Crippen LogP contribution is 2.22. The Morgan fingerprint density at radius 2 is 2.17 bits per heavy atom. The van der Waals surface area contributed by atoms with E-state index in [2.05, 4.69) is 6.58 Å². The van der Waals surface area contributed by atoms with Gasteiger partial charge in [0, 0.05) is 11.4 Å². The number of rotatable bonds is 7. The minimum absolute atomic E-state index is 0.0292. The molecule has 0 aliphatic heterocycles. The monoisotopic (exact) mass is 269 g/mol. The van der Waals surface area contributed by atoms with Crippen LogP contribution in [0.25, 0.3) is 0 Å². The van der Waals surface area contributed by atoms with Gasteiger partial charge < -0.3 is 10.5 Å². The molecule has 0 aromatic heterocycles. The maximum atomic E-state index is 11.3. The second-order valence-corrected chi connectivity index (χ2v) is 6.42. The number of nitrogens with two attached hydrogens (primary N) is 1. The third-order valence-electron chi connectivity index (χ3n) is 2.54. The Hall–Kier alpha value is -1.49. The first-order valence-corrected chi connectivity index (χ1v) is 7.63. The number of hydrogen-bond acceptors (Lipinski definition) is 4. The van der Waals surface area contributed by atoms with Gasteiger partial charge >= 0.3 is 0 Å². The quantitative estimate of drug-likeness (QED) is 0.605. The van der Waals surface area contributed by atoms with Crippen LogP contribution in [0.3, 0.4) is 0 Å². The van der Waals surface area contributed by atoms with E-state index in [1.54, 1.807) is 25.1 Å². The highest BCUT2D eigenvalue weighted by atomic mass is 32.2. The molecule has 2 N–H and O–H groups in total. The molecule has 1 rings (SSSR count). The molecule has 0 atom stereocenters. The minimum atomic E-state index is -2.99. The molecule has 0 saturated heterocycles. The van der Waals surface area contributed by atoms with E-state index in [1.807, 2.05) is 6.07 Å². The van der Waals surface area contributed by atoms with Gasteiger partial charge in [-0.15, -0.1) is 6.58 Å². The lowest BCUT2D eigenvalue weighted by Gasteiger charge is -2.11. The molecule has 1 aromatic carbocycles. The number of nitrogen functional groups attached to an aromatic ring is 1. The molecule has 5 heteroatoms. The largest absolute Gasteiger partial charge is 0.492 e. The zero-order chi connectivity index (χ0) is 13.6. The number of sulfone groups is 1. The summed E-state index contributed by atoms with van der Waals surface area (Å²) in [5.74, 6) is 0.828. The van der Waals surface area contributed by atoms with E-state index < -0.39 is 9.84 Å². The summed E-state index contributed by atoms with van der Waals surface area (Å²) in [6, 6.07) is 5.30. The van der Waals surface area contributed by atoms with Gasteiger partial charge in [0.15, 0.2) is 9.84 Å². The Morgan fingerprint density at radius 1 is 1.44 bits per heavy atom. The molecule has 4 nitrogen and oxygen atoms in total. The fourth-order valence-electron chi connectivity index (χ4n) is 1.48. The van der Waals surface area contributed by atoms with Gasteiger partial charge in [-0.25, -0.2) is 8.42 Å². The second kappa shape index (κ2) is 6.44. The summed E-state index contributed by atoms with van der Waals surface area (Å²) in [6.07, 6.45) is 2.39. The predicted molar refractivity (Wildman–Crippen MR) is 74.6 cm³/mol. The molecule has 0 fully saturated rings. The Bertz CT molecular complexity index is 509. The molecule has 0 spiro atoms.